The van der Waals surface area contributed by atoms with Crippen LogP contribution in [0, 0.1) is 0 Å². The van der Waals surface area contributed by atoms with E-state index in [-0.39, 0.29) is 0 Å². The number of amides is 1. The second-order valence-electron chi connectivity index (χ2n) is 6.51. The summed E-state index contributed by atoms with van der Waals surface area (Å²) in [7, 11) is 0. The minimum atomic E-state index is 0.477. The number of hydrogen-bond donors (Lipinski definition) is 1. The van der Waals surface area contributed by atoms with E-state index in [4.69, 9.17) is 4.42 Å². The monoisotopic (exact) mass is 298 g/mol. The van der Waals surface area contributed by atoms with Gasteiger partial charge in [0.2, 0.25) is 12.3 Å². The zero-order valence-corrected chi connectivity index (χ0v) is 12.8. The van der Waals surface area contributed by atoms with Crippen molar-refractivity contribution in [3.8, 4) is 0 Å². The molecule has 4 heteroatoms. The Morgan fingerprint density at radius 3 is 3.00 bits per heavy atom. The van der Waals surface area contributed by atoms with Gasteiger partial charge in [-0.2, -0.15) is 0 Å². The number of piperidine rings is 2. The van der Waals surface area contributed by atoms with Crippen molar-refractivity contribution in [2.24, 2.45) is 0 Å². The van der Waals surface area contributed by atoms with E-state index in [2.05, 4.69) is 16.3 Å². The summed E-state index contributed by atoms with van der Waals surface area (Å²) in [5.41, 5.74) is 2.07. The summed E-state index contributed by atoms with van der Waals surface area (Å²) in [6, 6.07) is 8.80. The van der Waals surface area contributed by atoms with Gasteiger partial charge in [0.05, 0.1) is 0 Å². The van der Waals surface area contributed by atoms with Crippen LogP contribution in [0.3, 0.4) is 0 Å². The highest BCUT2D eigenvalue weighted by molar-refractivity contribution is 5.89. The van der Waals surface area contributed by atoms with E-state index in [1.54, 1.807) is 0 Å². The summed E-state index contributed by atoms with van der Waals surface area (Å²) < 4.78 is 5.87. The molecule has 1 aromatic carbocycles. The highest BCUT2D eigenvalue weighted by Crippen LogP contribution is 2.43. The minimum absolute atomic E-state index is 0.477. The van der Waals surface area contributed by atoms with E-state index in [9.17, 15) is 4.79 Å². The molecule has 4 nitrogen and oxygen atoms in total. The number of nitrogens with zero attached hydrogens (tertiary/aromatic N) is 1. The summed E-state index contributed by atoms with van der Waals surface area (Å²) in [6.45, 7) is 2.42. The smallest absolute Gasteiger partial charge is 0.213 e. The molecule has 2 unspecified atom stereocenters. The molecule has 2 aromatic rings. The molecule has 1 aromatic heterocycles. The van der Waals surface area contributed by atoms with Crippen LogP contribution >= 0.6 is 0 Å². The number of carbonyl (C=O) groups is 1. The quantitative estimate of drug-likeness (QED) is 0.878. The van der Waals surface area contributed by atoms with Crippen molar-refractivity contribution in [1.29, 1.82) is 0 Å². The van der Waals surface area contributed by atoms with Gasteiger partial charge in [-0.25, -0.2) is 0 Å². The molecule has 0 bridgehead atoms. The SMILES string of the molecule is O=CNc1oc2ccccc2c1C1CCN2CCCCC2C1. The maximum absolute atomic E-state index is 10.9. The Bertz CT molecular complexity index is 679. The maximum Gasteiger partial charge on any atom is 0.213 e. The van der Waals surface area contributed by atoms with Crippen molar-refractivity contribution >= 4 is 23.3 Å². The zero-order chi connectivity index (χ0) is 14.9. The molecule has 2 aliphatic heterocycles. The normalized spacial score (nSPS) is 25.8. The summed E-state index contributed by atoms with van der Waals surface area (Å²) in [4.78, 5) is 13.6. The van der Waals surface area contributed by atoms with E-state index < -0.39 is 0 Å². The highest BCUT2D eigenvalue weighted by Gasteiger charge is 2.33. The Morgan fingerprint density at radius 2 is 2.09 bits per heavy atom. The molecule has 2 atom stereocenters. The average molecular weight is 298 g/mol. The van der Waals surface area contributed by atoms with Gasteiger partial charge in [0, 0.05) is 17.0 Å². The van der Waals surface area contributed by atoms with Gasteiger partial charge in [-0.15, -0.1) is 0 Å². The van der Waals surface area contributed by atoms with Crippen LogP contribution in [0.4, 0.5) is 5.88 Å². The minimum Gasteiger partial charge on any atom is -0.440 e. The lowest BCUT2D eigenvalue weighted by Crippen LogP contribution is -2.44. The molecular weight excluding hydrogens is 276 g/mol. The van der Waals surface area contributed by atoms with Gasteiger partial charge < -0.3 is 9.32 Å². The molecule has 2 fully saturated rings. The van der Waals surface area contributed by atoms with Gasteiger partial charge in [0.1, 0.15) is 5.58 Å². The third kappa shape index (κ3) is 2.31. The van der Waals surface area contributed by atoms with E-state index in [0.29, 0.717) is 17.8 Å². The van der Waals surface area contributed by atoms with Crippen LogP contribution in [-0.2, 0) is 4.79 Å². The largest absolute Gasteiger partial charge is 0.440 e. The van der Waals surface area contributed by atoms with Crippen LogP contribution in [0.1, 0.15) is 43.6 Å². The topological polar surface area (TPSA) is 45.5 Å². The Kier molecular flexibility index (Phi) is 3.62. The van der Waals surface area contributed by atoms with Crippen molar-refractivity contribution in [3.05, 3.63) is 29.8 Å². The molecule has 1 N–H and O–H groups in total. The number of furan rings is 1. The third-order valence-corrected chi connectivity index (χ3v) is 5.30. The van der Waals surface area contributed by atoms with Gasteiger partial charge in [-0.3, -0.25) is 10.1 Å². The molecule has 0 radical (unpaired) electrons. The lowest BCUT2D eigenvalue weighted by atomic mass is 9.81. The Balaban J connectivity index is 1.70. The Hall–Kier alpha value is -1.81. The standard InChI is InChI=1S/C18H22N2O2/c21-12-19-18-17(15-6-1-2-7-16(15)22-18)13-8-10-20-9-4-3-5-14(20)11-13/h1-2,6-7,12-14H,3-5,8-11H2,(H,19,21). The first-order valence-corrected chi connectivity index (χ1v) is 8.32. The average Bonchev–Trinajstić information content (AvgIpc) is 2.93. The molecule has 1 amide bonds. The number of fused-ring (bicyclic) bond motifs is 2. The first-order valence-electron chi connectivity index (χ1n) is 8.32. The van der Waals surface area contributed by atoms with Crippen molar-refractivity contribution in [2.75, 3.05) is 18.4 Å². The second kappa shape index (κ2) is 5.76. The van der Waals surface area contributed by atoms with Crippen LogP contribution in [-0.4, -0.2) is 30.4 Å². The van der Waals surface area contributed by atoms with Gasteiger partial charge in [0.25, 0.3) is 0 Å². The van der Waals surface area contributed by atoms with Crippen molar-refractivity contribution < 1.29 is 9.21 Å². The van der Waals surface area contributed by atoms with Crippen LogP contribution in [0.15, 0.2) is 28.7 Å². The molecule has 3 heterocycles. The fourth-order valence-electron chi connectivity index (χ4n) is 4.28. The second-order valence-corrected chi connectivity index (χ2v) is 6.51. The predicted octanol–water partition coefficient (Wildman–Crippen LogP) is 3.73. The number of carbonyl (C=O) groups excluding carboxylic acids is 1. The van der Waals surface area contributed by atoms with E-state index in [0.717, 1.165) is 30.3 Å². The van der Waals surface area contributed by atoms with Crippen LogP contribution in [0.5, 0.6) is 0 Å². The summed E-state index contributed by atoms with van der Waals surface area (Å²) in [6.07, 6.45) is 7.04. The molecule has 0 aliphatic carbocycles. The van der Waals surface area contributed by atoms with Crippen molar-refractivity contribution in [2.45, 2.75) is 44.1 Å². The van der Waals surface area contributed by atoms with Crippen LogP contribution < -0.4 is 5.32 Å². The summed E-state index contributed by atoms with van der Waals surface area (Å²) >= 11 is 0. The summed E-state index contributed by atoms with van der Waals surface area (Å²) in [5.74, 6) is 1.12. The molecule has 0 saturated carbocycles. The van der Waals surface area contributed by atoms with Crippen molar-refractivity contribution in [3.63, 3.8) is 0 Å². The molecule has 2 saturated heterocycles. The highest BCUT2D eigenvalue weighted by atomic mass is 16.4. The Morgan fingerprint density at radius 1 is 1.18 bits per heavy atom. The maximum atomic E-state index is 10.9. The molecule has 2 aliphatic rings. The molecule has 22 heavy (non-hydrogen) atoms. The molecule has 0 spiro atoms. The number of benzene rings is 1. The van der Waals surface area contributed by atoms with Gasteiger partial charge in [0.15, 0.2) is 0 Å². The van der Waals surface area contributed by atoms with Crippen molar-refractivity contribution in [1.82, 2.24) is 4.90 Å². The first kappa shape index (κ1) is 13.8. The van der Waals surface area contributed by atoms with Gasteiger partial charge >= 0.3 is 0 Å². The van der Waals surface area contributed by atoms with E-state index in [1.807, 2.05) is 18.2 Å². The molecule has 4 rings (SSSR count). The molecule has 116 valence electrons. The fourth-order valence-corrected chi connectivity index (χ4v) is 4.28. The predicted molar refractivity (Wildman–Crippen MR) is 87.1 cm³/mol. The fraction of sp³-hybridized carbons (Fsp3) is 0.500. The lowest BCUT2D eigenvalue weighted by Gasteiger charge is -2.42. The lowest BCUT2D eigenvalue weighted by molar-refractivity contribution is -0.105. The third-order valence-electron chi connectivity index (χ3n) is 5.30. The van der Waals surface area contributed by atoms with Gasteiger partial charge in [-0.1, -0.05) is 24.6 Å². The Labute approximate surface area is 130 Å². The number of hydrogen-bond acceptors (Lipinski definition) is 3. The first-order chi connectivity index (χ1) is 10.9. The number of nitrogens with one attached hydrogen (secondary N) is 1. The zero-order valence-electron chi connectivity index (χ0n) is 12.8. The number of anilines is 1. The van der Waals surface area contributed by atoms with Crippen LogP contribution in [0.25, 0.3) is 11.0 Å². The van der Waals surface area contributed by atoms with E-state index >= 15 is 0 Å². The van der Waals surface area contributed by atoms with Gasteiger partial charge in [-0.05, 0) is 50.8 Å². The van der Waals surface area contributed by atoms with E-state index in [1.165, 1.54) is 37.8 Å². The number of para-hydroxylation sites is 1. The number of rotatable bonds is 3. The molecular formula is C18H22N2O2. The van der Waals surface area contributed by atoms with Crippen LogP contribution in [0.2, 0.25) is 0 Å². The summed E-state index contributed by atoms with van der Waals surface area (Å²) in [5, 5.41) is 3.93.